The summed E-state index contributed by atoms with van der Waals surface area (Å²) in [7, 11) is 3.15. The number of ether oxygens (including phenoxy) is 4. The maximum atomic E-state index is 12.8. The molecule has 3 aromatic carbocycles. The highest BCUT2D eigenvalue weighted by Crippen LogP contribution is 2.37. The normalized spacial score (nSPS) is 13.5. The summed E-state index contributed by atoms with van der Waals surface area (Å²) < 4.78 is 23.0. The summed E-state index contributed by atoms with van der Waals surface area (Å²) in [5.74, 6) is 1.76. The van der Waals surface area contributed by atoms with Gasteiger partial charge >= 0.3 is 6.09 Å². The van der Waals surface area contributed by atoms with Crippen LogP contribution < -0.4 is 20.1 Å². The van der Waals surface area contributed by atoms with Crippen LogP contribution in [0.5, 0.6) is 11.5 Å². The molecule has 0 bridgehead atoms. The molecule has 3 heterocycles. The van der Waals surface area contributed by atoms with Crippen LogP contribution >= 0.6 is 0 Å². The minimum absolute atomic E-state index is 0.117. The fraction of sp³-hybridized carbons (Fsp3) is 0.281. The van der Waals surface area contributed by atoms with Gasteiger partial charge in [0.25, 0.3) is 0 Å². The smallest absolute Gasteiger partial charge is 0.432 e. The summed E-state index contributed by atoms with van der Waals surface area (Å²) in [5.41, 5.74) is 3.01. The summed E-state index contributed by atoms with van der Waals surface area (Å²) in [6, 6.07) is 16.2. The van der Waals surface area contributed by atoms with E-state index in [2.05, 4.69) is 20.6 Å². The van der Waals surface area contributed by atoms with Crippen molar-refractivity contribution in [2.75, 3.05) is 70.9 Å². The van der Waals surface area contributed by atoms with Crippen molar-refractivity contribution < 1.29 is 33.6 Å². The topological polar surface area (TPSA) is 162 Å². The summed E-state index contributed by atoms with van der Waals surface area (Å²) in [5, 5.41) is 21.0. The van der Waals surface area contributed by atoms with Gasteiger partial charge in [0.1, 0.15) is 12.4 Å². The van der Waals surface area contributed by atoms with Gasteiger partial charge in [0.15, 0.2) is 17.3 Å². The molecule has 1 aliphatic rings. The molecule has 14 nitrogen and oxygen atoms in total. The van der Waals surface area contributed by atoms with Gasteiger partial charge in [-0.05, 0) is 36.4 Å². The lowest BCUT2D eigenvalue weighted by molar-refractivity contribution is -0.118. The average molecular weight is 628 g/mol. The second-order valence-corrected chi connectivity index (χ2v) is 10.5. The number of rotatable bonds is 11. The maximum Gasteiger partial charge on any atom is 0.432 e. The van der Waals surface area contributed by atoms with Crippen LogP contribution in [0.15, 0.2) is 60.8 Å². The summed E-state index contributed by atoms with van der Waals surface area (Å²) >= 11 is 0. The summed E-state index contributed by atoms with van der Waals surface area (Å²) in [4.78, 5) is 36.1. The summed E-state index contributed by atoms with van der Waals surface area (Å²) in [6.45, 7) is 3.64. The van der Waals surface area contributed by atoms with Crippen LogP contribution in [0.1, 0.15) is 0 Å². The van der Waals surface area contributed by atoms with Crippen molar-refractivity contribution in [3.63, 3.8) is 0 Å². The van der Waals surface area contributed by atoms with E-state index in [-0.39, 0.29) is 12.5 Å². The monoisotopic (exact) mass is 627 g/mol. The molecular weight excluding hydrogens is 594 g/mol. The van der Waals surface area contributed by atoms with E-state index >= 15 is 0 Å². The number of nitrogens with zero attached hydrogens (tertiary/aromatic N) is 5. The molecule has 0 atom stereocenters. The van der Waals surface area contributed by atoms with Crippen molar-refractivity contribution >= 4 is 51.0 Å². The number of amides is 1. The molecule has 0 unspecified atom stereocenters. The molecule has 5 aromatic rings. The Morgan fingerprint density at radius 1 is 0.978 bits per heavy atom. The van der Waals surface area contributed by atoms with Crippen LogP contribution in [0.25, 0.3) is 33.2 Å². The first kappa shape index (κ1) is 30.7. The molecule has 46 heavy (non-hydrogen) atoms. The second kappa shape index (κ2) is 13.8. The lowest BCUT2D eigenvalue weighted by Gasteiger charge is -2.25. The van der Waals surface area contributed by atoms with Gasteiger partial charge in [-0.25, -0.2) is 14.8 Å². The van der Waals surface area contributed by atoms with Gasteiger partial charge in [0, 0.05) is 54.0 Å². The van der Waals surface area contributed by atoms with E-state index in [1.54, 1.807) is 44.6 Å². The molecular formula is C32H33N7O7. The number of nitrogens with one attached hydrogen (secondary N) is 2. The number of morpholine rings is 1. The zero-order valence-electron chi connectivity index (χ0n) is 25.4. The minimum Gasteiger partial charge on any atom is -0.493 e. The van der Waals surface area contributed by atoms with Gasteiger partial charge in [0.05, 0.1) is 50.7 Å². The predicted molar refractivity (Wildman–Crippen MR) is 171 cm³/mol. The van der Waals surface area contributed by atoms with Crippen LogP contribution in [0.2, 0.25) is 0 Å². The Labute approximate surface area is 263 Å². The van der Waals surface area contributed by atoms with Crippen molar-refractivity contribution in [3.8, 4) is 22.9 Å². The molecule has 0 saturated carbocycles. The molecule has 1 amide bonds. The molecule has 2 aromatic heterocycles. The molecule has 0 aliphatic carbocycles. The molecule has 1 saturated heterocycles. The van der Waals surface area contributed by atoms with Gasteiger partial charge in [-0.15, -0.1) is 0 Å². The van der Waals surface area contributed by atoms with Crippen molar-refractivity contribution in [2.24, 2.45) is 0 Å². The number of aromatic nitrogens is 4. The number of hydrogen-bond donors (Lipinski definition) is 3. The van der Waals surface area contributed by atoms with Crippen LogP contribution in [0.3, 0.4) is 0 Å². The highest BCUT2D eigenvalue weighted by molar-refractivity contribution is 5.96. The number of methoxy groups -OCH3 is 2. The zero-order valence-corrected chi connectivity index (χ0v) is 25.4. The van der Waals surface area contributed by atoms with E-state index < -0.39 is 6.09 Å². The van der Waals surface area contributed by atoms with Gasteiger partial charge in [-0.1, -0.05) is 12.1 Å². The highest BCUT2D eigenvalue weighted by atomic mass is 16.5. The quantitative estimate of drug-likeness (QED) is 0.179. The molecule has 0 spiro atoms. The van der Waals surface area contributed by atoms with Crippen molar-refractivity contribution in [3.05, 3.63) is 60.8 Å². The first-order valence-electron chi connectivity index (χ1n) is 14.6. The third kappa shape index (κ3) is 6.83. The Bertz CT molecular complexity index is 1890. The van der Waals surface area contributed by atoms with Crippen LogP contribution in [0.4, 0.5) is 22.0 Å². The number of carbonyl (C=O) groups excluding carboxylic acids is 1. The Balaban J connectivity index is 1.36. The van der Waals surface area contributed by atoms with E-state index in [0.717, 1.165) is 4.68 Å². The summed E-state index contributed by atoms with van der Waals surface area (Å²) in [6.07, 6.45) is 0.320. The largest absolute Gasteiger partial charge is 0.493 e. The number of fused-ring (bicyclic) bond motifs is 2. The zero-order chi connectivity index (χ0) is 32.0. The lowest BCUT2D eigenvalue weighted by Crippen LogP contribution is -2.41. The van der Waals surface area contributed by atoms with Crippen LogP contribution in [-0.2, 0) is 14.3 Å². The van der Waals surface area contributed by atoms with Crippen molar-refractivity contribution in [2.45, 2.75) is 0 Å². The van der Waals surface area contributed by atoms with E-state index in [4.69, 9.17) is 28.9 Å². The van der Waals surface area contributed by atoms with Gasteiger partial charge in [-0.3, -0.25) is 9.69 Å². The van der Waals surface area contributed by atoms with Crippen LogP contribution in [-0.4, -0.2) is 102 Å². The average Bonchev–Trinajstić information content (AvgIpc) is 3.49. The minimum atomic E-state index is -1.17. The maximum absolute atomic E-state index is 12.8. The van der Waals surface area contributed by atoms with Crippen molar-refractivity contribution in [1.82, 2.24) is 24.6 Å². The highest BCUT2D eigenvalue weighted by Gasteiger charge is 2.18. The number of anilines is 3. The number of benzene rings is 3. The van der Waals surface area contributed by atoms with Crippen molar-refractivity contribution in [1.29, 1.82) is 0 Å². The third-order valence-corrected chi connectivity index (χ3v) is 7.41. The first-order valence-corrected chi connectivity index (χ1v) is 14.6. The molecule has 1 fully saturated rings. The van der Waals surface area contributed by atoms with E-state index in [9.17, 15) is 14.7 Å². The number of hydrogen-bond acceptors (Lipinski definition) is 11. The van der Waals surface area contributed by atoms with Gasteiger partial charge in [0.2, 0.25) is 5.91 Å². The molecule has 1 aliphatic heterocycles. The Hall–Kier alpha value is -5.31. The van der Waals surface area contributed by atoms with E-state index in [0.29, 0.717) is 101 Å². The molecule has 238 valence electrons. The third-order valence-electron chi connectivity index (χ3n) is 7.41. The molecule has 0 radical (unpaired) electrons. The number of carbonyl (C=O) groups is 2. The van der Waals surface area contributed by atoms with E-state index in [1.165, 1.54) is 6.20 Å². The SMILES string of the molecule is COCCOc1cc2c(Nc3ccc4c(cnn4C(=O)O)c3)nc(-c3cccc(NC(=O)CN4CCOCC4)c3)nc2cc1OC. The van der Waals surface area contributed by atoms with E-state index in [1.807, 2.05) is 24.3 Å². The molecule has 6 rings (SSSR count). The fourth-order valence-electron chi connectivity index (χ4n) is 5.17. The Morgan fingerprint density at radius 2 is 1.83 bits per heavy atom. The predicted octanol–water partition coefficient (Wildman–Crippen LogP) is 4.22. The molecule has 3 N–H and O–H groups in total. The Kier molecular flexibility index (Phi) is 9.19. The Morgan fingerprint density at radius 3 is 2.61 bits per heavy atom. The first-order chi connectivity index (χ1) is 22.4. The van der Waals surface area contributed by atoms with Gasteiger partial charge in [-0.2, -0.15) is 9.78 Å². The van der Waals surface area contributed by atoms with Crippen LogP contribution in [0, 0.1) is 0 Å². The standard InChI is InChI=1S/C32H33N7O7/c1-43-12-13-46-28-16-24-25(17-27(28)44-2)36-30(20-4-3-5-22(14-20)34-29(40)19-38-8-10-45-11-9-38)37-31(24)35-23-6-7-26-21(15-23)18-33-39(26)32(41)42/h3-7,14-18H,8-13,19H2,1-2H3,(H,34,40)(H,41,42)(H,35,36,37). The second-order valence-electron chi connectivity index (χ2n) is 10.5. The molecule has 14 heteroatoms. The van der Waals surface area contributed by atoms with Gasteiger partial charge < -0.3 is 34.7 Å². The lowest BCUT2D eigenvalue weighted by atomic mass is 10.1. The number of carboxylic acid groups (broad SMARTS) is 1. The fourth-order valence-corrected chi connectivity index (χ4v) is 5.17.